The standard InChI is InChI=1S/C22H26BrNO3/c1-5-15-20(21(26)27-6-2)18(13-7-9-14(23)10-8-13)19-16(24-15)11-22(3,4)12-17(19)25/h7-10,18,24H,5-6,11-12H2,1-4H3/t18-/m0/s1. The zero-order valence-electron chi connectivity index (χ0n) is 16.3. The molecule has 0 radical (unpaired) electrons. The fraction of sp³-hybridized carbons (Fsp3) is 0.455. The van der Waals surface area contributed by atoms with Crippen LogP contribution in [0.15, 0.2) is 51.3 Å². The van der Waals surface area contributed by atoms with Gasteiger partial charge in [0.25, 0.3) is 0 Å². The Morgan fingerprint density at radius 3 is 2.48 bits per heavy atom. The Balaban J connectivity index is 2.20. The second-order valence-corrected chi connectivity index (χ2v) is 8.82. The molecule has 1 atom stereocenters. The van der Waals surface area contributed by atoms with E-state index in [9.17, 15) is 9.59 Å². The molecule has 0 aromatic heterocycles. The molecule has 1 aliphatic heterocycles. The van der Waals surface area contributed by atoms with Gasteiger partial charge in [0.15, 0.2) is 5.78 Å². The third kappa shape index (κ3) is 3.88. The minimum absolute atomic E-state index is 0.0898. The summed E-state index contributed by atoms with van der Waals surface area (Å²) >= 11 is 3.46. The first-order valence-corrected chi connectivity index (χ1v) is 10.3. The molecular weight excluding hydrogens is 406 g/mol. The number of hydrogen-bond acceptors (Lipinski definition) is 4. The van der Waals surface area contributed by atoms with Crippen molar-refractivity contribution in [2.45, 2.75) is 52.9 Å². The molecule has 1 aromatic rings. The highest BCUT2D eigenvalue weighted by Gasteiger charge is 2.43. The maximum atomic E-state index is 13.1. The Hall–Kier alpha value is -1.88. The molecule has 27 heavy (non-hydrogen) atoms. The number of nitrogens with one attached hydrogen (secondary N) is 1. The van der Waals surface area contributed by atoms with Crippen molar-refractivity contribution >= 4 is 27.7 Å². The highest BCUT2D eigenvalue weighted by atomic mass is 79.9. The third-order valence-electron chi connectivity index (χ3n) is 5.18. The normalized spacial score (nSPS) is 21.7. The smallest absolute Gasteiger partial charge is 0.336 e. The Labute approximate surface area is 169 Å². The monoisotopic (exact) mass is 431 g/mol. The number of rotatable bonds is 4. The number of ether oxygens (including phenoxy) is 1. The van der Waals surface area contributed by atoms with E-state index in [2.05, 4.69) is 35.1 Å². The molecule has 1 heterocycles. The lowest BCUT2D eigenvalue weighted by molar-refractivity contribution is -0.138. The van der Waals surface area contributed by atoms with Crippen molar-refractivity contribution < 1.29 is 14.3 Å². The van der Waals surface area contributed by atoms with Crippen LogP contribution in [0.3, 0.4) is 0 Å². The summed E-state index contributed by atoms with van der Waals surface area (Å²) in [5.74, 6) is -0.621. The van der Waals surface area contributed by atoms with E-state index in [0.717, 1.165) is 33.4 Å². The number of halogens is 1. The molecule has 0 spiro atoms. The van der Waals surface area contributed by atoms with Crippen LogP contribution < -0.4 is 5.32 Å². The molecule has 0 bridgehead atoms. The Bertz CT molecular complexity index is 834. The fourth-order valence-electron chi connectivity index (χ4n) is 4.07. The van der Waals surface area contributed by atoms with Gasteiger partial charge < -0.3 is 10.1 Å². The maximum Gasteiger partial charge on any atom is 0.336 e. The largest absolute Gasteiger partial charge is 0.463 e. The molecule has 3 rings (SSSR count). The number of benzene rings is 1. The lowest BCUT2D eigenvalue weighted by Gasteiger charge is -2.40. The summed E-state index contributed by atoms with van der Waals surface area (Å²) in [5.41, 5.74) is 3.94. The van der Waals surface area contributed by atoms with E-state index >= 15 is 0 Å². The van der Waals surface area contributed by atoms with Crippen molar-refractivity contribution in [2.75, 3.05) is 6.61 Å². The number of hydrogen-bond donors (Lipinski definition) is 1. The van der Waals surface area contributed by atoms with Crippen LogP contribution in [0.1, 0.15) is 58.4 Å². The second kappa shape index (κ2) is 7.63. The van der Waals surface area contributed by atoms with Crippen molar-refractivity contribution in [3.63, 3.8) is 0 Å². The number of allylic oxidation sites excluding steroid dienone is 3. The summed E-state index contributed by atoms with van der Waals surface area (Å²) in [6.07, 6.45) is 1.95. The molecular formula is C22H26BrNO3. The van der Waals surface area contributed by atoms with Gasteiger partial charge in [-0.1, -0.05) is 48.8 Å². The number of ketones is 1. The average Bonchev–Trinajstić information content (AvgIpc) is 2.59. The molecule has 1 N–H and O–H groups in total. The third-order valence-corrected chi connectivity index (χ3v) is 5.71. The first-order chi connectivity index (χ1) is 12.8. The van der Waals surface area contributed by atoms with E-state index in [0.29, 0.717) is 25.0 Å². The van der Waals surface area contributed by atoms with Crippen molar-refractivity contribution in [1.29, 1.82) is 0 Å². The van der Waals surface area contributed by atoms with Crippen LogP contribution in [0, 0.1) is 5.41 Å². The lowest BCUT2D eigenvalue weighted by Crippen LogP contribution is -2.39. The number of Topliss-reactive ketones (excluding diaryl/α,β-unsaturated/α-hetero) is 1. The van der Waals surface area contributed by atoms with E-state index in [1.165, 1.54) is 0 Å². The van der Waals surface area contributed by atoms with Gasteiger partial charge in [0.2, 0.25) is 0 Å². The van der Waals surface area contributed by atoms with Crippen LogP contribution in [0.5, 0.6) is 0 Å². The number of esters is 1. The second-order valence-electron chi connectivity index (χ2n) is 7.91. The van der Waals surface area contributed by atoms with Crippen LogP contribution in [-0.2, 0) is 14.3 Å². The molecule has 0 unspecified atom stereocenters. The van der Waals surface area contributed by atoms with Crippen molar-refractivity contribution in [1.82, 2.24) is 5.32 Å². The molecule has 2 aliphatic rings. The summed E-state index contributed by atoms with van der Waals surface area (Å²) in [6, 6.07) is 7.85. The van der Waals surface area contributed by atoms with Gasteiger partial charge in [-0.15, -0.1) is 0 Å². The molecule has 1 aliphatic carbocycles. The Morgan fingerprint density at radius 2 is 1.89 bits per heavy atom. The van der Waals surface area contributed by atoms with E-state index in [1.54, 1.807) is 6.92 Å². The van der Waals surface area contributed by atoms with Crippen LogP contribution in [0.4, 0.5) is 0 Å². The van der Waals surface area contributed by atoms with Gasteiger partial charge in [-0.05, 0) is 42.9 Å². The van der Waals surface area contributed by atoms with Crippen LogP contribution in [0.2, 0.25) is 0 Å². The molecule has 5 heteroatoms. The van der Waals surface area contributed by atoms with Gasteiger partial charge >= 0.3 is 5.97 Å². The van der Waals surface area contributed by atoms with Crippen LogP contribution in [-0.4, -0.2) is 18.4 Å². The highest BCUT2D eigenvalue weighted by Crippen LogP contribution is 2.47. The van der Waals surface area contributed by atoms with E-state index < -0.39 is 0 Å². The van der Waals surface area contributed by atoms with E-state index in [-0.39, 0.29) is 23.1 Å². The van der Waals surface area contributed by atoms with Gasteiger partial charge in [-0.25, -0.2) is 4.79 Å². The maximum absolute atomic E-state index is 13.1. The minimum Gasteiger partial charge on any atom is -0.463 e. The summed E-state index contributed by atoms with van der Waals surface area (Å²) in [5, 5.41) is 3.42. The van der Waals surface area contributed by atoms with Gasteiger partial charge in [-0.2, -0.15) is 0 Å². The summed E-state index contributed by atoms with van der Waals surface area (Å²) in [6.45, 7) is 8.34. The van der Waals surface area contributed by atoms with Crippen LogP contribution in [0.25, 0.3) is 0 Å². The zero-order valence-corrected chi connectivity index (χ0v) is 17.9. The van der Waals surface area contributed by atoms with Gasteiger partial charge in [0.1, 0.15) is 0 Å². The van der Waals surface area contributed by atoms with Crippen LogP contribution >= 0.6 is 15.9 Å². The number of carbonyl (C=O) groups is 2. The predicted octanol–water partition coefficient (Wildman–Crippen LogP) is 5.01. The Morgan fingerprint density at radius 1 is 1.22 bits per heavy atom. The molecule has 0 fully saturated rings. The topological polar surface area (TPSA) is 55.4 Å². The van der Waals surface area contributed by atoms with E-state index in [1.807, 2.05) is 31.2 Å². The fourth-order valence-corrected chi connectivity index (χ4v) is 4.33. The highest BCUT2D eigenvalue weighted by molar-refractivity contribution is 9.10. The lowest BCUT2D eigenvalue weighted by atomic mass is 9.68. The van der Waals surface area contributed by atoms with Crippen molar-refractivity contribution in [2.24, 2.45) is 5.41 Å². The summed E-state index contributed by atoms with van der Waals surface area (Å²) in [4.78, 5) is 26.0. The first kappa shape index (κ1) is 19.9. The predicted molar refractivity (Wildman–Crippen MR) is 109 cm³/mol. The Kier molecular flexibility index (Phi) is 5.61. The number of carbonyl (C=O) groups excluding carboxylic acids is 2. The molecule has 0 saturated heterocycles. The van der Waals surface area contributed by atoms with Gasteiger partial charge in [0, 0.05) is 33.8 Å². The van der Waals surface area contributed by atoms with Crippen molar-refractivity contribution in [3.8, 4) is 0 Å². The van der Waals surface area contributed by atoms with Gasteiger partial charge in [0.05, 0.1) is 12.2 Å². The average molecular weight is 432 g/mol. The molecule has 144 valence electrons. The van der Waals surface area contributed by atoms with Crippen molar-refractivity contribution in [3.05, 3.63) is 56.8 Å². The molecule has 0 saturated carbocycles. The summed E-state index contributed by atoms with van der Waals surface area (Å²) < 4.78 is 6.33. The minimum atomic E-state index is -0.382. The molecule has 0 amide bonds. The zero-order chi connectivity index (χ0) is 19.8. The quantitative estimate of drug-likeness (QED) is 0.680. The van der Waals surface area contributed by atoms with E-state index in [4.69, 9.17) is 4.74 Å². The molecule has 1 aromatic carbocycles. The van der Waals surface area contributed by atoms with Gasteiger partial charge in [-0.3, -0.25) is 4.79 Å². The number of dihydropyridines is 1. The molecule has 4 nitrogen and oxygen atoms in total. The summed E-state index contributed by atoms with van der Waals surface area (Å²) in [7, 11) is 0. The first-order valence-electron chi connectivity index (χ1n) is 9.46. The SMILES string of the molecule is CCOC(=O)C1=C(CC)NC2=C(C(=O)CC(C)(C)C2)[C@@H]1c1ccc(Br)cc1.